The highest BCUT2D eigenvalue weighted by Crippen LogP contribution is 2.50. The Morgan fingerprint density at radius 2 is 0.770 bits per heavy atom. The predicted octanol–water partition coefficient (Wildman–Crippen LogP) is 15.0. The van der Waals surface area contributed by atoms with Crippen molar-refractivity contribution in [2.24, 2.45) is 0 Å². The summed E-state index contributed by atoms with van der Waals surface area (Å²) in [6.07, 6.45) is 0. The average Bonchev–Trinajstić information content (AvgIpc) is 3.56. The standard InChI is InChI=1S/C58H41N3/c1-58(2)51-24-13-12-23-47(51)49-34-50-48(35-53(59-56(50)36-52(49)58)44-31-27-39(28-32-44)38-15-6-3-7-16-38)41-29-25-40(26-30-41)45-21-14-22-46(33-45)57-60-54(42-17-8-4-9-18-42)37-55(61-57)43-19-10-5-11-20-43/h3-37H,1-2H3. The van der Waals surface area contributed by atoms with Crippen molar-refractivity contribution >= 4 is 10.9 Å². The molecule has 0 saturated heterocycles. The number of aromatic nitrogens is 3. The molecule has 11 rings (SSSR count). The molecule has 0 N–H and O–H groups in total. The summed E-state index contributed by atoms with van der Waals surface area (Å²) in [4.78, 5) is 15.6. The molecule has 0 spiro atoms. The van der Waals surface area contributed by atoms with Crippen LogP contribution in [0.25, 0.3) is 101 Å². The summed E-state index contributed by atoms with van der Waals surface area (Å²) < 4.78 is 0. The van der Waals surface area contributed by atoms with E-state index in [0.717, 1.165) is 72.5 Å². The lowest BCUT2D eigenvalue weighted by atomic mass is 9.82. The maximum Gasteiger partial charge on any atom is 0.160 e. The van der Waals surface area contributed by atoms with Gasteiger partial charge < -0.3 is 0 Å². The molecule has 0 saturated carbocycles. The highest BCUT2D eigenvalue weighted by Gasteiger charge is 2.35. The molecular weight excluding hydrogens is 739 g/mol. The topological polar surface area (TPSA) is 38.7 Å². The Morgan fingerprint density at radius 1 is 0.295 bits per heavy atom. The highest BCUT2D eigenvalue weighted by molar-refractivity contribution is 6.01. The Bertz CT molecular complexity index is 3170. The van der Waals surface area contributed by atoms with Gasteiger partial charge in [-0.2, -0.15) is 0 Å². The summed E-state index contributed by atoms with van der Waals surface area (Å²) >= 11 is 0. The molecule has 3 heteroatoms. The van der Waals surface area contributed by atoms with E-state index in [1.165, 1.54) is 33.4 Å². The maximum atomic E-state index is 5.38. The average molecular weight is 780 g/mol. The van der Waals surface area contributed by atoms with Gasteiger partial charge in [0.1, 0.15) is 0 Å². The fraction of sp³-hybridized carbons (Fsp3) is 0.0517. The third-order valence-corrected chi connectivity index (χ3v) is 12.3. The summed E-state index contributed by atoms with van der Waals surface area (Å²) in [6, 6.07) is 75.5. The van der Waals surface area contributed by atoms with Gasteiger partial charge in [-0.05, 0) is 86.0 Å². The van der Waals surface area contributed by atoms with E-state index in [0.29, 0.717) is 5.82 Å². The zero-order valence-corrected chi connectivity index (χ0v) is 34.0. The maximum absolute atomic E-state index is 5.38. The molecule has 288 valence electrons. The van der Waals surface area contributed by atoms with Crippen LogP contribution in [0.15, 0.2) is 212 Å². The summed E-state index contributed by atoms with van der Waals surface area (Å²) in [5, 5.41) is 1.15. The molecule has 3 nitrogen and oxygen atoms in total. The summed E-state index contributed by atoms with van der Waals surface area (Å²) in [5.41, 5.74) is 20.0. The lowest BCUT2D eigenvalue weighted by Gasteiger charge is -2.22. The zero-order valence-electron chi connectivity index (χ0n) is 34.0. The zero-order chi connectivity index (χ0) is 40.9. The first-order valence-electron chi connectivity index (χ1n) is 20.9. The van der Waals surface area contributed by atoms with E-state index in [1.54, 1.807) is 0 Å². The first-order chi connectivity index (χ1) is 30.0. The van der Waals surface area contributed by atoms with Crippen molar-refractivity contribution in [1.82, 2.24) is 15.0 Å². The second-order valence-electron chi connectivity index (χ2n) is 16.4. The largest absolute Gasteiger partial charge is 0.248 e. The molecule has 0 fully saturated rings. The Morgan fingerprint density at radius 3 is 1.43 bits per heavy atom. The molecule has 2 heterocycles. The molecule has 0 radical (unpaired) electrons. The molecule has 1 aliphatic rings. The fourth-order valence-electron chi connectivity index (χ4n) is 9.04. The molecule has 0 bridgehead atoms. The Balaban J connectivity index is 1.00. The van der Waals surface area contributed by atoms with Crippen LogP contribution in [0.5, 0.6) is 0 Å². The molecule has 10 aromatic rings. The first kappa shape index (κ1) is 36.3. The smallest absolute Gasteiger partial charge is 0.160 e. The predicted molar refractivity (Wildman–Crippen MR) is 253 cm³/mol. The number of benzene rings is 8. The van der Waals surface area contributed by atoms with Gasteiger partial charge in [-0.15, -0.1) is 0 Å². The van der Waals surface area contributed by atoms with Crippen LogP contribution in [-0.2, 0) is 5.41 Å². The van der Waals surface area contributed by atoms with Gasteiger partial charge in [0.2, 0.25) is 0 Å². The quantitative estimate of drug-likeness (QED) is 0.162. The van der Waals surface area contributed by atoms with Crippen LogP contribution < -0.4 is 0 Å². The van der Waals surface area contributed by atoms with Crippen molar-refractivity contribution in [1.29, 1.82) is 0 Å². The van der Waals surface area contributed by atoms with Gasteiger partial charge in [0, 0.05) is 33.1 Å². The normalized spacial score (nSPS) is 12.6. The number of nitrogens with zero attached hydrogens (tertiary/aromatic N) is 3. The van der Waals surface area contributed by atoms with E-state index in [9.17, 15) is 0 Å². The first-order valence-corrected chi connectivity index (χ1v) is 20.9. The molecule has 0 atom stereocenters. The summed E-state index contributed by atoms with van der Waals surface area (Å²) in [5.74, 6) is 0.698. The van der Waals surface area contributed by atoms with Crippen molar-refractivity contribution in [2.75, 3.05) is 0 Å². The van der Waals surface area contributed by atoms with Crippen molar-refractivity contribution in [3.63, 3.8) is 0 Å². The lowest BCUT2D eigenvalue weighted by Crippen LogP contribution is -2.14. The van der Waals surface area contributed by atoms with Crippen LogP contribution in [0, 0.1) is 0 Å². The van der Waals surface area contributed by atoms with Crippen LogP contribution >= 0.6 is 0 Å². The van der Waals surface area contributed by atoms with Gasteiger partial charge in [-0.25, -0.2) is 15.0 Å². The molecule has 8 aromatic carbocycles. The van der Waals surface area contributed by atoms with Gasteiger partial charge in [0.15, 0.2) is 5.82 Å². The number of rotatable bonds is 7. The molecule has 61 heavy (non-hydrogen) atoms. The molecular formula is C58H41N3. The Hall–Kier alpha value is -7.75. The minimum absolute atomic E-state index is 0.123. The van der Waals surface area contributed by atoms with Crippen LogP contribution in [-0.4, -0.2) is 15.0 Å². The molecule has 0 amide bonds. The Kier molecular flexibility index (Phi) is 8.82. The van der Waals surface area contributed by atoms with E-state index < -0.39 is 0 Å². The molecule has 0 aliphatic heterocycles. The monoisotopic (exact) mass is 779 g/mol. The van der Waals surface area contributed by atoms with Gasteiger partial charge in [-0.3, -0.25) is 0 Å². The van der Waals surface area contributed by atoms with E-state index in [2.05, 4.69) is 214 Å². The van der Waals surface area contributed by atoms with Crippen LogP contribution in [0.1, 0.15) is 25.0 Å². The molecule has 0 unspecified atom stereocenters. The van der Waals surface area contributed by atoms with Gasteiger partial charge in [0.25, 0.3) is 0 Å². The number of fused-ring (bicyclic) bond motifs is 4. The molecule has 2 aromatic heterocycles. The number of pyridine rings is 1. The van der Waals surface area contributed by atoms with Gasteiger partial charge in [0.05, 0.1) is 22.6 Å². The van der Waals surface area contributed by atoms with Crippen LogP contribution in [0.3, 0.4) is 0 Å². The SMILES string of the molecule is CC1(C)c2ccccc2-c2cc3c(-c4ccc(-c5cccc(-c6nc(-c7ccccc7)cc(-c7ccccc7)n6)c5)cc4)cc(-c4ccc(-c5ccccc5)cc4)nc3cc21. The minimum atomic E-state index is -0.123. The Labute approximate surface area is 356 Å². The number of hydrogen-bond acceptors (Lipinski definition) is 3. The summed E-state index contributed by atoms with van der Waals surface area (Å²) in [6.45, 7) is 4.66. The van der Waals surface area contributed by atoms with Crippen molar-refractivity contribution in [3.05, 3.63) is 223 Å². The number of hydrogen-bond donors (Lipinski definition) is 0. The van der Waals surface area contributed by atoms with Crippen molar-refractivity contribution in [2.45, 2.75) is 19.3 Å². The van der Waals surface area contributed by atoms with Crippen molar-refractivity contribution in [3.8, 4) is 89.7 Å². The third-order valence-electron chi connectivity index (χ3n) is 12.3. The van der Waals surface area contributed by atoms with Gasteiger partial charge in [-0.1, -0.05) is 196 Å². The van der Waals surface area contributed by atoms with E-state index in [-0.39, 0.29) is 5.41 Å². The summed E-state index contributed by atoms with van der Waals surface area (Å²) in [7, 11) is 0. The minimum Gasteiger partial charge on any atom is -0.248 e. The van der Waals surface area contributed by atoms with E-state index >= 15 is 0 Å². The van der Waals surface area contributed by atoms with E-state index in [4.69, 9.17) is 15.0 Å². The van der Waals surface area contributed by atoms with Crippen LogP contribution in [0.2, 0.25) is 0 Å². The van der Waals surface area contributed by atoms with Crippen LogP contribution in [0.4, 0.5) is 0 Å². The lowest BCUT2D eigenvalue weighted by molar-refractivity contribution is 0.661. The second kappa shape index (κ2) is 14.8. The second-order valence-corrected chi connectivity index (χ2v) is 16.4. The highest BCUT2D eigenvalue weighted by atomic mass is 14.9. The third kappa shape index (κ3) is 6.61. The van der Waals surface area contributed by atoms with Gasteiger partial charge >= 0.3 is 0 Å². The fourth-order valence-corrected chi connectivity index (χ4v) is 9.04. The van der Waals surface area contributed by atoms with E-state index in [1.807, 2.05) is 12.1 Å². The van der Waals surface area contributed by atoms with Crippen molar-refractivity contribution < 1.29 is 0 Å². The molecule has 1 aliphatic carbocycles.